The molecular formula is C23H26F3N5O3. The highest BCUT2D eigenvalue weighted by Gasteiger charge is 2.35. The summed E-state index contributed by atoms with van der Waals surface area (Å²) in [7, 11) is 3.03. The Hall–Kier alpha value is -3.31. The number of rotatable bonds is 5. The smallest absolute Gasteiger partial charge is 0.378 e. The van der Waals surface area contributed by atoms with E-state index in [-0.39, 0.29) is 11.3 Å². The molecule has 0 saturated carbocycles. The molecule has 8 nitrogen and oxygen atoms in total. The fourth-order valence-electron chi connectivity index (χ4n) is 4.00. The number of pyridine rings is 1. The van der Waals surface area contributed by atoms with Crippen LogP contribution in [0.5, 0.6) is 0 Å². The molecule has 34 heavy (non-hydrogen) atoms. The Balaban J connectivity index is 1.65. The molecule has 1 aromatic carbocycles. The zero-order valence-electron chi connectivity index (χ0n) is 19.1. The zero-order valence-corrected chi connectivity index (χ0v) is 19.1. The summed E-state index contributed by atoms with van der Waals surface area (Å²) in [5.41, 5.74) is 2.45. The van der Waals surface area contributed by atoms with Gasteiger partial charge in [-0.05, 0) is 42.3 Å². The van der Waals surface area contributed by atoms with Crippen molar-refractivity contribution in [3.05, 3.63) is 63.8 Å². The van der Waals surface area contributed by atoms with Crippen LogP contribution in [0.15, 0.2) is 41.3 Å². The van der Waals surface area contributed by atoms with Gasteiger partial charge in [-0.15, -0.1) is 0 Å². The van der Waals surface area contributed by atoms with Gasteiger partial charge < -0.3 is 24.6 Å². The minimum atomic E-state index is -4.60. The summed E-state index contributed by atoms with van der Waals surface area (Å²) >= 11 is 0. The molecule has 2 aromatic heterocycles. The van der Waals surface area contributed by atoms with Gasteiger partial charge in [0.05, 0.1) is 18.9 Å². The molecule has 3 heterocycles. The number of anilines is 2. The summed E-state index contributed by atoms with van der Waals surface area (Å²) in [6.45, 7) is 4.26. The van der Waals surface area contributed by atoms with Crippen LogP contribution in [0.3, 0.4) is 0 Å². The van der Waals surface area contributed by atoms with Gasteiger partial charge in [-0.3, -0.25) is 9.48 Å². The highest BCUT2D eigenvalue weighted by atomic mass is 19.4. The number of aliphatic hydroxyl groups excluding tert-OH is 1. The number of aliphatic hydroxyl groups is 1. The van der Waals surface area contributed by atoms with E-state index in [9.17, 15) is 23.1 Å². The number of halogens is 3. The number of aromatic nitrogens is 3. The van der Waals surface area contributed by atoms with Crippen molar-refractivity contribution in [1.82, 2.24) is 14.3 Å². The Morgan fingerprint density at radius 3 is 2.50 bits per heavy atom. The molecule has 0 spiro atoms. The minimum Gasteiger partial charge on any atom is -0.378 e. The Bertz CT molecular complexity index is 1250. The highest BCUT2D eigenvalue weighted by molar-refractivity contribution is 5.73. The van der Waals surface area contributed by atoms with Crippen molar-refractivity contribution in [2.24, 2.45) is 14.1 Å². The maximum Gasteiger partial charge on any atom is 0.435 e. The molecule has 4 rings (SSSR count). The van der Waals surface area contributed by atoms with Crippen molar-refractivity contribution in [1.29, 1.82) is 0 Å². The van der Waals surface area contributed by atoms with Gasteiger partial charge >= 0.3 is 6.18 Å². The van der Waals surface area contributed by atoms with E-state index in [4.69, 9.17) is 4.74 Å². The lowest BCUT2D eigenvalue weighted by Gasteiger charge is -2.29. The van der Waals surface area contributed by atoms with Gasteiger partial charge in [0, 0.05) is 44.6 Å². The van der Waals surface area contributed by atoms with Gasteiger partial charge in [0.2, 0.25) is 0 Å². The maximum atomic E-state index is 13.0. The van der Waals surface area contributed by atoms with Gasteiger partial charge in [0.1, 0.15) is 5.69 Å². The SMILES string of the molecule is Cc1ccc(NC(O)c2cc(C(F)(F)F)nn2C)cc1-c1cc(N2CCOCC2)c(=O)n(C)c1. The van der Waals surface area contributed by atoms with Crippen molar-refractivity contribution in [3.63, 3.8) is 0 Å². The lowest BCUT2D eigenvalue weighted by molar-refractivity contribution is -0.141. The number of aryl methyl sites for hydroxylation is 3. The number of alkyl halides is 3. The predicted molar refractivity (Wildman–Crippen MR) is 122 cm³/mol. The van der Waals surface area contributed by atoms with Crippen LogP contribution in [0.1, 0.15) is 23.2 Å². The number of benzene rings is 1. The predicted octanol–water partition coefficient (Wildman–Crippen LogP) is 3.05. The van der Waals surface area contributed by atoms with Gasteiger partial charge in [0.15, 0.2) is 11.9 Å². The largest absolute Gasteiger partial charge is 0.435 e. The summed E-state index contributed by atoms with van der Waals surface area (Å²) in [4.78, 5) is 14.8. The Morgan fingerprint density at radius 2 is 1.85 bits per heavy atom. The minimum absolute atomic E-state index is 0.0221. The van der Waals surface area contributed by atoms with Crippen molar-refractivity contribution >= 4 is 11.4 Å². The summed E-state index contributed by atoms with van der Waals surface area (Å²) < 4.78 is 46.8. The van der Waals surface area contributed by atoms with Gasteiger partial charge in [-0.1, -0.05) is 6.07 Å². The van der Waals surface area contributed by atoms with Crippen LogP contribution in [-0.2, 0) is 25.0 Å². The average Bonchev–Trinajstić information content (AvgIpc) is 3.20. The number of nitrogens with one attached hydrogen (secondary N) is 1. The molecule has 0 aliphatic carbocycles. The number of hydrogen-bond donors (Lipinski definition) is 2. The molecule has 2 N–H and O–H groups in total. The Kier molecular flexibility index (Phi) is 6.41. The third kappa shape index (κ3) is 4.80. The molecule has 0 bridgehead atoms. The fraction of sp³-hybridized carbons (Fsp3) is 0.391. The van der Waals surface area contributed by atoms with E-state index in [0.29, 0.717) is 37.7 Å². The maximum absolute atomic E-state index is 13.0. The molecule has 1 unspecified atom stereocenters. The van der Waals surface area contributed by atoms with Crippen LogP contribution in [-0.4, -0.2) is 45.8 Å². The quantitative estimate of drug-likeness (QED) is 0.550. The summed E-state index contributed by atoms with van der Waals surface area (Å²) in [5.74, 6) is 0. The van der Waals surface area contributed by atoms with Gasteiger partial charge in [-0.2, -0.15) is 18.3 Å². The standard InChI is InChI=1S/C23H26F3N5O3/c1-14-4-5-16(27-21(32)18-12-20(23(24,25)26)28-30(18)3)11-17(14)15-10-19(22(33)29(2)13-15)31-6-8-34-9-7-31/h4-5,10-13,21,27,32H,6-9H2,1-3H3. The first-order valence-electron chi connectivity index (χ1n) is 10.7. The molecule has 0 radical (unpaired) electrons. The number of morpholine rings is 1. The number of ether oxygens (including phenoxy) is 1. The van der Waals surface area contributed by atoms with Crippen molar-refractivity contribution in [2.75, 3.05) is 36.5 Å². The van der Waals surface area contributed by atoms with E-state index in [0.717, 1.165) is 27.4 Å². The van der Waals surface area contributed by atoms with E-state index < -0.39 is 18.1 Å². The Morgan fingerprint density at radius 1 is 1.15 bits per heavy atom. The zero-order chi connectivity index (χ0) is 24.6. The monoisotopic (exact) mass is 477 g/mol. The van der Waals surface area contributed by atoms with Crippen LogP contribution in [0.25, 0.3) is 11.1 Å². The van der Waals surface area contributed by atoms with E-state index in [2.05, 4.69) is 10.4 Å². The first-order chi connectivity index (χ1) is 16.0. The number of nitrogens with zero attached hydrogens (tertiary/aromatic N) is 4. The second-order valence-electron chi connectivity index (χ2n) is 8.28. The topological polar surface area (TPSA) is 84.6 Å². The van der Waals surface area contributed by atoms with Crippen LogP contribution >= 0.6 is 0 Å². The summed E-state index contributed by atoms with van der Waals surface area (Å²) in [6.07, 6.45) is -4.27. The first-order valence-corrected chi connectivity index (χ1v) is 10.7. The highest BCUT2D eigenvalue weighted by Crippen LogP contribution is 2.32. The summed E-state index contributed by atoms with van der Waals surface area (Å²) in [6, 6.07) is 8.02. The molecule has 1 aliphatic heterocycles. The van der Waals surface area contributed by atoms with E-state index in [1.807, 2.05) is 24.0 Å². The molecule has 1 aliphatic rings. The van der Waals surface area contributed by atoms with Crippen LogP contribution < -0.4 is 15.8 Å². The second-order valence-corrected chi connectivity index (χ2v) is 8.28. The molecule has 3 aromatic rings. The Labute approximate surface area is 194 Å². The first kappa shape index (κ1) is 23.8. The third-order valence-corrected chi connectivity index (χ3v) is 5.85. The molecule has 1 fully saturated rings. The molecular weight excluding hydrogens is 451 g/mol. The lowest BCUT2D eigenvalue weighted by Crippen LogP contribution is -2.40. The van der Waals surface area contributed by atoms with Crippen LogP contribution in [0, 0.1) is 6.92 Å². The fourth-order valence-corrected chi connectivity index (χ4v) is 4.00. The molecule has 1 saturated heterocycles. The van der Waals surface area contributed by atoms with E-state index in [1.165, 1.54) is 11.6 Å². The van der Waals surface area contributed by atoms with Crippen molar-refractivity contribution < 1.29 is 23.0 Å². The normalized spacial score (nSPS) is 15.4. The molecule has 182 valence electrons. The molecule has 0 amide bonds. The van der Waals surface area contributed by atoms with E-state index >= 15 is 0 Å². The van der Waals surface area contributed by atoms with Gasteiger partial charge in [0.25, 0.3) is 5.56 Å². The summed E-state index contributed by atoms with van der Waals surface area (Å²) in [5, 5.41) is 16.8. The van der Waals surface area contributed by atoms with Crippen molar-refractivity contribution in [3.8, 4) is 11.1 Å². The van der Waals surface area contributed by atoms with Crippen LogP contribution in [0.2, 0.25) is 0 Å². The third-order valence-electron chi connectivity index (χ3n) is 5.85. The second kappa shape index (κ2) is 9.15. The molecule has 1 atom stereocenters. The van der Waals surface area contributed by atoms with E-state index in [1.54, 1.807) is 25.4 Å². The lowest BCUT2D eigenvalue weighted by atomic mass is 10.0. The van der Waals surface area contributed by atoms with Crippen molar-refractivity contribution in [2.45, 2.75) is 19.3 Å². The van der Waals surface area contributed by atoms with Gasteiger partial charge in [-0.25, -0.2) is 0 Å². The number of hydrogen-bond acceptors (Lipinski definition) is 6. The molecule has 11 heteroatoms. The van der Waals surface area contributed by atoms with Crippen LogP contribution in [0.4, 0.5) is 24.5 Å². The average molecular weight is 477 g/mol.